The van der Waals surface area contributed by atoms with Crippen molar-refractivity contribution < 1.29 is 14.3 Å². The third kappa shape index (κ3) is 2.40. The zero-order valence-corrected chi connectivity index (χ0v) is 13.2. The molecule has 0 bridgehead atoms. The first-order chi connectivity index (χ1) is 9.27. The Morgan fingerprint density at radius 1 is 1.50 bits per heavy atom. The molecule has 1 unspecified atom stereocenters. The number of anilines is 1. The number of amides is 2. The molecule has 0 radical (unpaired) electrons. The molecule has 1 aromatic rings. The van der Waals surface area contributed by atoms with Gasteiger partial charge in [-0.2, -0.15) is 0 Å². The lowest BCUT2D eigenvalue weighted by Crippen LogP contribution is -2.53. The minimum absolute atomic E-state index is 0.431. The molecule has 2 N–H and O–H groups in total. The lowest BCUT2D eigenvalue weighted by atomic mass is 9.93. The number of nitrogens with two attached hydrogens (primary N) is 1. The van der Waals surface area contributed by atoms with Gasteiger partial charge in [0.15, 0.2) is 0 Å². The maximum Gasteiger partial charge on any atom is 0.415 e. The minimum atomic E-state index is -0.747. The average Bonchev–Trinajstić information content (AvgIpc) is 2.33. The first-order valence-corrected chi connectivity index (χ1v) is 7.18. The lowest BCUT2D eigenvalue weighted by molar-refractivity contribution is -0.119. The van der Waals surface area contributed by atoms with Crippen LogP contribution in [0.1, 0.15) is 32.8 Å². The standard InChI is InChI=1S/C14H17BrN2O3/c1-4-10(12(16)18)17-11-6-5-8(15)7-9(11)14(2,3)20-13(17)19/h5-7,10H,4H2,1-3H3,(H2,16,18). The molecule has 0 aliphatic carbocycles. The molecule has 1 atom stereocenters. The molecule has 20 heavy (non-hydrogen) atoms. The van der Waals surface area contributed by atoms with Gasteiger partial charge in [-0.25, -0.2) is 4.79 Å². The third-order valence-corrected chi connectivity index (χ3v) is 3.93. The molecule has 1 aromatic carbocycles. The van der Waals surface area contributed by atoms with E-state index in [1.807, 2.05) is 26.0 Å². The second kappa shape index (κ2) is 5.09. The number of ether oxygens (including phenoxy) is 1. The SMILES string of the molecule is CCC(C(N)=O)N1C(=O)OC(C)(C)c2cc(Br)ccc21. The average molecular weight is 341 g/mol. The zero-order chi connectivity index (χ0) is 15.1. The van der Waals surface area contributed by atoms with Gasteiger partial charge in [-0.15, -0.1) is 0 Å². The first-order valence-electron chi connectivity index (χ1n) is 6.39. The summed E-state index contributed by atoms with van der Waals surface area (Å²) in [7, 11) is 0. The summed E-state index contributed by atoms with van der Waals surface area (Å²) in [6, 6.07) is 4.81. The largest absolute Gasteiger partial charge is 0.438 e. The van der Waals surface area contributed by atoms with Crippen LogP contribution in [0.2, 0.25) is 0 Å². The van der Waals surface area contributed by atoms with Crippen LogP contribution in [0.25, 0.3) is 0 Å². The molecule has 0 spiro atoms. The van der Waals surface area contributed by atoms with Crippen LogP contribution in [0.4, 0.5) is 10.5 Å². The van der Waals surface area contributed by atoms with E-state index < -0.39 is 23.6 Å². The highest BCUT2D eigenvalue weighted by Gasteiger charge is 2.42. The molecule has 1 aliphatic heterocycles. The Kier molecular flexibility index (Phi) is 3.77. The molecule has 0 aromatic heterocycles. The molecule has 0 saturated carbocycles. The van der Waals surface area contributed by atoms with Gasteiger partial charge in [0.1, 0.15) is 11.6 Å². The number of primary amides is 1. The van der Waals surface area contributed by atoms with E-state index in [4.69, 9.17) is 10.5 Å². The zero-order valence-electron chi connectivity index (χ0n) is 11.6. The summed E-state index contributed by atoms with van der Waals surface area (Å²) >= 11 is 3.41. The Hall–Kier alpha value is -1.56. The third-order valence-electron chi connectivity index (χ3n) is 3.43. The summed E-state index contributed by atoms with van der Waals surface area (Å²) in [6.45, 7) is 5.44. The van der Waals surface area contributed by atoms with Gasteiger partial charge >= 0.3 is 6.09 Å². The molecule has 6 heteroatoms. The predicted molar refractivity (Wildman–Crippen MR) is 79.4 cm³/mol. The highest BCUT2D eigenvalue weighted by atomic mass is 79.9. The van der Waals surface area contributed by atoms with Gasteiger partial charge in [0.2, 0.25) is 5.91 Å². The molecule has 0 fully saturated rings. The number of hydrogen-bond donors (Lipinski definition) is 1. The van der Waals surface area contributed by atoms with E-state index in [2.05, 4.69) is 15.9 Å². The fraction of sp³-hybridized carbons (Fsp3) is 0.429. The topological polar surface area (TPSA) is 72.6 Å². The highest BCUT2D eigenvalue weighted by molar-refractivity contribution is 9.10. The summed E-state index contributed by atoms with van der Waals surface area (Å²) in [4.78, 5) is 25.2. The second-order valence-electron chi connectivity index (χ2n) is 5.24. The fourth-order valence-corrected chi connectivity index (χ4v) is 2.79. The van der Waals surface area contributed by atoms with Crippen LogP contribution in [0.3, 0.4) is 0 Å². The van der Waals surface area contributed by atoms with Crippen molar-refractivity contribution in [3.63, 3.8) is 0 Å². The van der Waals surface area contributed by atoms with E-state index in [9.17, 15) is 9.59 Å². The van der Waals surface area contributed by atoms with Gasteiger partial charge in [0.25, 0.3) is 0 Å². The van der Waals surface area contributed by atoms with Gasteiger partial charge in [-0.3, -0.25) is 9.69 Å². The van der Waals surface area contributed by atoms with Gasteiger partial charge in [0, 0.05) is 10.0 Å². The van der Waals surface area contributed by atoms with E-state index >= 15 is 0 Å². The van der Waals surface area contributed by atoms with Crippen LogP contribution in [0, 0.1) is 0 Å². The van der Waals surface area contributed by atoms with Crippen molar-refractivity contribution in [2.75, 3.05) is 4.90 Å². The molecule has 1 aliphatic rings. The molecule has 1 heterocycles. The van der Waals surface area contributed by atoms with E-state index in [-0.39, 0.29) is 0 Å². The number of halogens is 1. The lowest BCUT2D eigenvalue weighted by Gasteiger charge is -2.40. The summed E-state index contributed by atoms with van der Waals surface area (Å²) in [5, 5.41) is 0. The number of carbonyl (C=O) groups excluding carboxylic acids is 2. The van der Waals surface area contributed by atoms with Crippen molar-refractivity contribution in [1.82, 2.24) is 0 Å². The van der Waals surface area contributed by atoms with Crippen LogP contribution < -0.4 is 10.6 Å². The highest BCUT2D eigenvalue weighted by Crippen LogP contribution is 2.41. The van der Waals surface area contributed by atoms with Crippen molar-refractivity contribution in [1.29, 1.82) is 0 Å². The summed E-state index contributed by atoms with van der Waals surface area (Å²) < 4.78 is 6.34. The Balaban J connectivity index is 2.61. The van der Waals surface area contributed by atoms with Crippen molar-refractivity contribution in [2.45, 2.75) is 38.8 Å². The van der Waals surface area contributed by atoms with Crippen LogP contribution >= 0.6 is 15.9 Å². The van der Waals surface area contributed by atoms with Crippen LogP contribution in [-0.4, -0.2) is 18.0 Å². The molecular weight excluding hydrogens is 324 g/mol. The molecule has 5 nitrogen and oxygen atoms in total. The number of fused-ring (bicyclic) bond motifs is 1. The number of nitrogens with zero attached hydrogens (tertiary/aromatic N) is 1. The second-order valence-corrected chi connectivity index (χ2v) is 6.15. The van der Waals surface area contributed by atoms with E-state index in [1.165, 1.54) is 4.90 Å². The summed E-state index contributed by atoms with van der Waals surface area (Å²) in [6.07, 6.45) is -0.115. The Morgan fingerprint density at radius 2 is 2.15 bits per heavy atom. The molecule has 0 saturated heterocycles. The predicted octanol–water partition coefficient (Wildman–Crippen LogP) is 2.90. The maximum atomic E-state index is 12.2. The number of rotatable bonds is 3. The summed E-state index contributed by atoms with van der Waals surface area (Å²) in [5.41, 5.74) is 6.16. The van der Waals surface area contributed by atoms with E-state index in [1.54, 1.807) is 13.0 Å². The molecular formula is C14H17BrN2O3. The fourth-order valence-electron chi connectivity index (χ4n) is 2.43. The normalized spacial score (nSPS) is 18.2. The van der Waals surface area contributed by atoms with Crippen molar-refractivity contribution >= 4 is 33.6 Å². The van der Waals surface area contributed by atoms with Crippen LogP contribution in [0.15, 0.2) is 22.7 Å². The van der Waals surface area contributed by atoms with E-state index in [0.717, 1.165) is 10.0 Å². The minimum Gasteiger partial charge on any atom is -0.438 e. The van der Waals surface area contributed by atoms with Gasteiger partial charge in [-0.05, 0) is 38.5 Å². The van der Waals surface area contributed by atoms with Crippen molar-refractivity contribution in [3.8, 4) is 0 Å². The number of cyclic esters (lactones) is 1. The van der Waals surface area contributed by atoms with Crippen LogP contribution in [0.5, 0.6) is 0 Å². The Labute approximate surface area is 126 Å². The monoisotopic (exact) mass is 340 g/mol. The Morgan fingerprint density at radius 3 is 2.70 bits per heavy atom. The number of benzene rings is 1. The first kappa shape index (κ1) is 14.8. The van der Waals surface area contributed by atoms with Gasteiger partial charge in [-0.1, -0.05) is 22.9 Å². The molecule has 2 amide bonds. The van der Waals surface area contributed by atoms with Gasteiger partial charge < -0.3 is 10.5 Å². The van der Waals surface area contributed by atoms with Gasteiger partial charge in [0.05, 0.1) is 5.69 Å². The molecule has 108 valence electrons. The van der Waals surface area contributed by atoms with Crippen molar-refractivity contribution in [3.05, 3.63) is 28.2 Å². The maximum absolute atomic E-state index is 12.2. The Bertz CT molecular complexity index is 572. The smallest absolute Gasteiger partial charge is 0.415 e. The van der Waals surface area contributed by atoms with Crippen LogP contribution in [-0.2, 0) is 15.1 Å². The van der Waals surface area contributed by atoms with E-state index in [0.29, 0.717) is 12.1 Å². The molecule has 2 rings (SSSR count). The quantitative estimate of drug-likeness (QED) is 0.919. The van der Waals surface area contributed by atoms with Crippen molar-refractivity contribution in [2.24, 2.45) is 5.73 Å². The summed E-state index contributed by atoms with van der Waals surface area (Å²) in [5.74, 6) is -0.543. The number of carbonyl (C=O) groups is 2. The number of hydrogen-bond acceptors (Lipinski definition) is 3.